The lowest BCUT2D eigenvalue weighted by Crippen LogP contribution is -2.48. The molecule has 2 aromatic heterocycles. The maximum atomic E-state index is 13.0. The Bertz CT molecular complexity index is 1330. The van der Waals surface area contributed by atoms with Crippen LogP contribution in [-0.2, 0) is 7.05 Å². The fourth-order valence-electron chi connectivity index (χ4n) is 4.02. The number of fused-ring (bicyclic) bond motifs is 2. The Hall–Kier alpha value is -3.68. The summed E-state index contributed by atoms with van der Waals surface area (Å²) in [7, 11) is 1.70. The number of H-pyrrole nitrogens is 1. The number of amides is 1. The summed E-state index contributed by atoms with van der Waals surface area (Å²) in [6, 6.07) is 11.3. The van der Waals surface area contributed by atoms with Crippen LogP contribution < -0.4 is 10.5 Å². The predicted molar refractivity (Wildman–Crippen MR) is 116 cm³/mol. The van der Waals surface area contributed by atoms with Gasteiger partial charge in [0.2, 0.25) is 0 Å². The van der Waals surface area contributed by atoms with Gasteiger partial charge < -0.3 is 19.4 Å². The van der Waals surface area contributed by atoms with E-state index in [1.165, 1.54) is 4.57 Å². The quantitative estimate of drug-likeness (QED) is 0.555. The number of nitrogens with zero attached hydrogens (tertiary/aromatic N) is 5. The molecule has 1 N–H and O–H groups in total. The number of aryl methyl sites for hydroxylation is 2. The SMILES string of the molecule is Cc1nc2ccc(C(=O)N3CCN(c4ccc5c(=O)n(C)cnc5c4)CC3)cc2[nH]1. The number of hydrogen-bond acceptors (Lipinski definition) is 5. The molecule has 0 bridgehead atoms. The average Bonchev–Trinajstić information content (AvgIpc) is 3.15. The predicted octanol–water partition coefficient (Wildman–Crippen LogP) is 2.08. The van der Waals surface area contributed by atoms with Gasteiger partial charge in [0.1, 0.15) is 5.82 Å². The smallest absolute Gasteiger partial charge is 0.260 e. The molecule has 8 heteroatoms. The Balaban J connectivity index is 1.31. The van der Waals surface area contributed by atoms with E-state index in [1.807, 2.05) is 48.2 Å². The van der Waals surface area contributed by atoms with Crippen molar-refractivity contribution in [3.63, 3.8) is 0 Å². The van der Waals surface area contributed by atoms with Crippen molar-refractivity contribution in [1.82, 2.24) is 24.4 Å². The summed E-state index contributed by atoms with van der Waals surface area (Å²) in [5.41, 5.74) is 4.08. The highest BCUT2D eigenvalue weighted by molar-refractivity contribution is 5.97. The molecule has 30 heavy (non-hydrogen) atoms. The minimum absolute atomic E-state index is 0.0347. The number of anilines is 1. The Morgan fingerprint density at radius 1 is 1.03 bits per heavy atom. The zero-order chi connectivity index (χ0) is 20.8. The van der Waals surface area contributed by atoms with Crippen LogP contribution in [-0.4, -0.2) is 56.5 Å². The molecule has 1 fully saturated rings. The maximum Gasteiger partial charge on any atom is 0.260 e. The van der Waals surface area contributed by atoms with Crippen LogP contribution in [0.3, 0.4) is 0 Å². The van der Waals surface area contributed by atoms with Crippen LogP contribution in [0, 0.1) is 6.92 Å². The van der Waals surface area contributed by atoms with Crippen molar-refractivity contribution in [3.8, 4) is 0 Å². The molecule has 1 aliphatic heterocycles. The second-order valence-electron chi connectivity index (χ2n) is 7.70. The molecule has 3 heterocycles. The monoisotopic (exact) mass is 402 g/mol. The minimum Gasteiger partial charge on any atom is -0.368 e. The van der Waals surface area contributed by atoms with Crippen LogP contribution >= 0.6 is 0 Å². The van der Waals surface area contributed by atoms with Gasteiger partial charge in [-0.2, -0.15) is 0 Å². The number of carbonyl (C=O) groups is 1. The molecule has 0 saturated carbocycles. The second-order valence-corrected chi connectivity index (χ2v) is 7.70. The molecule has 0 unspecified atom stereocenters. The van der Waals surface area contributed by atoms with Gasteiger partial charge in [0.25, 0.3) is 11.5 Å². The van der Waals surface area contributed by atoms with Crippen LogP contribution in [0.4, 0.5) is 5.69 Å². The van der Waals surface area contributed by atoms with E-state index in [0.29, 0.717) is 29.6 Å². The van der Waals surface area contributed by atoms with E-state index in [4.69, 9.17) is 0 Å². The molecule has 0 spiro atoms. The Morgan fingerprint density at radius 3 is 2.63 bits per heavy atom. The van der Waals surface area contributed by atoms with Crippen molar-refractivity contribution in [2.45, 2.75) is 6.92 Å². The lowest BCUT2D eigenvalue weighted by molar-refractivity contribution is 0.0747. The molecular formula is C22H22N6O2. The molecule has 2 aromatic carbocycles. The van der Waals surface area contributed by atoms with Crippen molar-refractivity contribution in [2.24, 2.45) is 7.05 Å². The van der Waals surface area contributed by atoms with Crippen LogP contribution in [0.15, 0.2) is 47.5 Å². The summed E-state index contributed by atoms with van der Waals surface area (Å²) in [4.78, 5) is 41.2. The summed E-state index contributed by atoms with van der Waals surface area (Å²) >= 11 is 0. The first-order valence-corrected chi connectivity index (χ1v) is 9.95. The molecule has 8 nitrogen and oxygen atoms in total. The van der Waals surface area contributed by atoms with Gasteiger partial charge in [0.15, 0.2) is 0 Å². The first-order chi connectivity index (χ1) is 14.5. The standard InChI is InChI=1S/C22H22N6O2/c1-14-24-18-6-3-15(11-20(18)25-14)21(29)28-9-7-27(8-10-28)16-4-5-17-19(12-16)23-13-26(2)22(17)30/h3-6,11-13H,7-10H2,1-2H3,(H,24,25). The maximum absolute atomic E-state index is 13.0. The second kappa shape index (κ2) is 6.98. The first kappa shape index (κ1) is 18.4. The van der Waals surface area contributed by atoms with Crippen molar-refractivity contribution < 1.29 is 4.79 Å². The third kappa shape index (κ3) is 3.10. The van der Waals surface area contributed by atoms with Gasteiger partial charge in [-0.25, -0.2) is 9.97 Å². The highest BCUT2D eigenvalue weighted by atomic mass is 16.2. The van der Waals surface area contributed by atoms with Crippen LogP contribution in [0.25, 0.3) is 21.9 Å². The van der Waals surface area contributed by atoms with Gasteiger partial charge >= 0.3 is 0 Å². The van der Waals surface area contributed by atoms with E-state index in [1.54, 1.807) is 13.4 Å². The molecule has 5 rings (SSSR count). The first-order valence-electron chi connectivity index (χ1n) is 9.95. The highest BCUT2D eigenvalue weighted by Crippen LogP contribution is 2.21. The minimum atomic E-state index is -0.0496. The number of aromatic nitrogens is 4. The van der Waals surface area contributed by atoms with Gasteiger partial charge in [0.05, 0.1) is 28.3 Å². The summed E-state index contributed by atoms with van der Waals surface area (Å²) in [5, 5.41) is 0.613. The van der Waals surface area contributed by atoms with Gasteiger partial charge in [-0.3, -0.25) is 9.59 Å². The fourth-order valence-corrected chi connectivity index (χ4v) is 4.02. The number of rotatable bonds is 2. The number of imidazole rings is 1. The Labute approximate surface area is 172 Å². The Morgan fingerprint density at radius 2 is 1.83 bits per heavy atom. The average molecular weight is 402 g/mol. The van der Waals surface area contributed by atoms with Crippen molar-refractivity contribution in [2.75, 3.05) is 31.1 Å². The van der Waals surface area contributed by atoms with Gasteiger partial charge in [0, 0.05) is 44.5 Å². The van der Waals surface area contributed by atoms with Crippen LogP contribution in [0.2, 0.25) is 0 Å². The van der Waals surface area contributed by atoms with E-state index in [0.717, 1.165) is 35.6 Å². The Kier molecular flexibility index (Phi) is 4.27. The van der Waals surface area contributed by atoms with Gasteiger partial charge in [-0.05, 0) is 43.3 Å². The number of benzene rings is 2. The number of nitrogens with one attached hydrogen (secondary N) is 1. The van der Waals surface area contributed by atoms with E-state index in [-0.39, 0.29) is 11.5 Å². The van der Waals surface area contributed by atoms with Gasteiger partial charge in [-0.15, -0.1) is 0 Å². The topological polar surface area (TPSA) is 87.1 Å². The fraction of sp³-hybridized carbons (Fsp3) is 0.273. The number of carbonyl (C=O) groups excluding carboxylic acids is 1. The van der Waals surface area contributed by atoms with E-state index in [2.05, 4.69) is 19.9 Å². The molecule has 0 aliphatic carbocycles. The molecule has 0 atom stereocenters. The number of aromatic amines is 1. The summed E-state index contributed by atoms with van der Waals surface area (Å²) in [6.07, 6.45) is 1.54. The largest absolute Gasteiger partial charge is 0.368 e. The third-order valence-electron chi connectivity index (χ3n) is 5.68. The normalized spacial score (nSPS) is 14.6. The molecular weight excluding hydrogens is 380 g/mol. The molecule has 4 aromatic rings. The summed E-state index contributed by atoms with van der Waals surface area (Å²) in [6.45, 7) is 4.64. The van der Waals surface area contributed by atoms with Crippen LogP contribution in [0.1, 0.15) is 16.2 Å². The van der Waals surface area contributed by atoms with Crippen molar-refractivity contribution >= 4 is 33.5 Å². The summed E-state index contributed by atoms with van der Waals surface area (Å²) < 4.78 is 1.48. The van der Waals surface area contributed by atoms with Gasteiger partial charge in [-0.1, -0.05) is 0 Å². The zero-order valence-corrected chi connectivity index (χ0v) is 16.9. The van der Waals surface area contributed by atoms with Crippen LogP contribution in [0.5, 0.6) is 0 Å². The van der Waals surface area contributed by atoms with E-state index >= 15 is 0 Å². The number of piperazine rings is 1. The number of hydrogen-bond donors (Lipinski definition) is 1. The molecule has 1 aliphatic rings. The highest BCUT2D eigenvalue weighted by Gasteiger charge is 2.23. The molecule has 1 amide bonds. The zero-order valence-electron chi connectivity index (χ0n) is 16.9. The van der Waals surface area contributed by atoms with Crippen molar-refractivity contribution in [3.05, 3.63) is 64.5 Å². The molecule has 152 valence electrons. The molecule has 0 radical (unpaired) electrons. The molecule has 1 saturated heterocycles. The summed E-state index contributed by atoms with van der Waals surface area (Å²) in [5.74, 6) is 0.874. The van der Waals surface area contributed by atoms with E-state index in [9.17, 15) is 9.59 Å². The van der Waals surface area contributed by atoms with E-state index < -0.39 is 0 Å². The lowest BCUT2D eigenvalue weighted by Gasteiger charge is -2.36. The van der Waals surface area contributed by atoms with Crippen molar-refractivity contribution in [1.29, 1.82) is 0 Å². The lowest BCUT2D eigenvalue weighted by atomic mass is 10.1. The third-order valence-corrected chi connectivity index (χ3v) is 5.68.